The number of anilines is 1. The van der Waals surface area contributed by atoms with E-state index < -0.39 is 4.75 Å². The van der Waals surface area contributed by atoms with Crippen molar-refractivity contribution in [2.75, 3.05) is 44.7 Å². The van der Waals surface area contributed by atoms with Gasteiger partial charge in [-0.05, 0) is 62.9 Å². The van der Waals surface area contributed by atoms with Crippen molar-refractivity contribution in [1.82, 2.24) is 19.8 Å². The van der Waals surface area contributed by atoms with Crippen LogP contribution in [0.4, 0.5) is 5.82 Å². The molecule has 3 atom stereocenters. The number of ketones is 1. The van der Waals surface area contributed by atoms with E-state index in [0.717, 1.165) is 37.1 Å². The monoisotopic (exact) mass is 572 g/mol. The average Bonchev–Trinajstić information content (AvgIpc) is 3.42. The summed E-state index contributed by atoms with van der Waals surface area (Å²) in [5.74, 6) is 1.38. The molecule has 0 radical (unpaired) electrons. The Morgan fingerprint density at radius 3 is 2.83 bits per heavy atom. The van der Waals surface area contributed by atoms with Gasteiger partial charge in [-0.2, -0.15) is 15.2 Å². The van der Waals surface area contributed by atoms with E-state index in [4.69, 9.17) is 14.7 Å². The van der Waals surface area contributed by atoms with Gasteiger partial charge >= 0.3 is 6.01 Å². The summed E-state index contributed by atoms with van der Waals surface area (Å²) < 4.78 is 5.66. The largest absolute Gasteiger partial charge is 0.462 e. The third-order valence-corrected chi connectivity index (χ3v) is 10.7. The highest BCUT2D eigenvalue weighted by molar-refractivity contribution is 8.00. The molecule has 2 fully saturated rings. The first-order valence-electron chi connectivity index (χ1n) is 14.5. The predicted octanol–water partition coefficient (Wildman–Crippen LogP) is 3.42. The van der Waals surface area contributed by atoms with Gasteiger partial charge in [0.2, 0.25) is 5.91 Å². The Labute approximate surface area is 245 Å². The molecule has 0 saturated carbocycles. The van der Waals surface area contributed by atoms with E-state index >= 15 is 0 Å². The highest BCUT2D eigenvalue weighted by atomic mass is 32.2. The number of likely N-dealkylation sites (tertiary alicyclic amines) is 1. The second kappa shape index (κ2) is 11.5. The summed E-state index contributed by atoms with van der Waals surface area (Å²) in [6, 6.07) is 10.8. The molecule has 1 aromatic carbocycles. The number of Topliss-reactive ketones (excluding diaryl/α,β-unsaturated/α-hetero) is 1. The summed E-state index contributed by atoms with van der Waals surface area (Å²) in [6.07, 6.45) is 5.80. The van der Waals surface area contributed by atoms with Crippen LogP contribution in [0.25, 0.3) is 0 Å². The Kier molecular flexibility index (Phi) is 7.75. The Balaban J connectivity index is 1.34. The molecule has 1 spiro atoms. The minimum absolute atomic E-state index is 0.0544. The minimum atomic E-state index is -0.547. The fourth-order valence-electron chi connectivity index (χ4n) is 6.70. The third-order valence-electron chi connectivity index (χ3n) is 9.11. The quantitative estimate of drug-likeness (QED) is 0.482. The molecule has 214 valence electrons. The van der Waals surface area contributed by atoms with Gasteiger partial charge < -0.3 is 19.4 Å². The number of nitrogens with zero attached hydrogens (tertiary/aromatic N) is 6. The SMILES string of the molecule is C=CC(=O)N1CCN(c2nc(OCC3CCCN3C)nc3c2CC[C@]2(Cc4ccccc4CS2)C3=O)CC1CC#N. The van der Waals surface area contributed by atoms with E-state index in [1.807, 2.05) is 6.07 Å². The van der Waals surface area contributed by atoms with Gasteiger partial charge in [0.05, 0.1) is 23.3 Å². The normalized spacial score (nSPS) is 25.9. The van der Waals surface area contributed by atoms with Crippen molar-refractivity contribution in [3.8, 4) is 12.1 Å². The molecule has 1 amide bonds. The van der Waals surface area contributed by atoms with Crippen molar-refractivity contribution < 1.29 is 14.3 Å². The Morgan fingerprint density at radius 2 is 2.07 bits per heavy atom. The fraction of sp³-hybridized carbons (Fsp3) is 0.516. The first kappa shape index (κ1) is 27.7. The zero-order valence-electron chi connectivity index (χ0n) is 23.6. The lowest BCUT2D eigenvalue weighted by molar-refractivity contribution is -0.128. The molecule has 2 unspecified atom stereocenters. The molecule has 41 heavy (non-hydrogen) atoms. The van der Waals surface area contributed by atoms with Crippen LogP contribution < -0.4 is 9.64 Å². The van der Waals surface area contributed by atoms with E-state index in [-0.39, 0.29) is 30.2 Å². The van der Waals surface area contributed by atoms with E-state index in [1.54, 1.807) is 16.7 Å². The summed E-state index contributed by atoms with van der Waals surface area (Å²) in [5, 5.41) is 9.50. The van der Waals surface area contributed by atoms with Crippen molar-refractivity contribution in [2.24, 2.45) is 0 Å². The number of hydrogen-bond donors (Lipinski definition) is 0. The van der Waals surface area contributed by atoms with E-state index in [0.29, 0.717) is 56.6 Å². The molecule has 2 aromatic rings. The summed E-state index contributed by atoms with van der Waals surface area (Å²) in [7, 11) is 2.10. The number of hydrogen-bond acceptors (Lipinski definition) is 9. The van der Waals surface area contributed by atoms with Crippen LogP contribution in [0.1, 0.15) is 52.9 Å². The molecule has 0 bridgehead atoms. The zero-order valence-corrected chi connectivity index (χ0v) is 24.4. The molecule has 3 aliphatic heterocycles. The summed E-state index contributed by atoms with van der Waals surface area (Å²) >= 11 is 1.73. The van der Waals surface area contributed by atoms with Crippen LogP contribution in [-0.4, -0.2) is 88.1 Å². The molecule has 10 heteroatoms. The predicted molar refractivity (Wildman–Crippen MR) is 158 cm³/mol. The van der Waals surface area contributed by atoms with Crippen LogP contribution in [-0.2, 0) is 23.4 Å². The number of piperazine rings is 1. The highest BCUT2D eigenvalue weighted by Gasteiger charge is 2.48. The Hall–Kier alpha value is -3.42. The molecule has 4 aliphatic rings. The second-order valence-electron chi connectivity index (χ2n) is 11.5. The number of carbonyl (C=O) groups excluding carboxylic acids is 2. The van der Waals surface area contributed by atoms with E-state index in [1.165, 1.54) is 17.2 Å². The van der Waals surface area contributed by atoms with Crippen molar-refractivity contribution in [3.05, 3.63) is 59.3 Å². The van der Waals surface area contributed by atoms with Crippen LogP contribution in [0.3, 0.4) is 0 Å². The topological polar surface area (TPSA) is 103 Å². The summed E-state index contributed by atoms with van der Waals surface area (Å²) in [5.41, 5.74) is 3.85. The molecule has 4 heterocycles. The smallest absolute Gasteiger partial charge is 0.319 e. The maximum Gasteiger partial charge on any atom is 0.319 e. The number of aromatic nitrogens is 2. The lowest BCUT2D eigenvalue weighted by atomic mass is 9.80. The molecular formula is C31H36N6O3S. The van der Waals surface area contributed by atoms with Crippen LogP contribution in [0.15, 0.2) is 36.9 Å². The fourth-order valence-corrected chi connectivity index (χ4v) is 8.15. The number of amides is 1. The third kappa shape index (κ3) is 5.22. The molecule has 6 rings (SSSR count). The standard InChI is InChI=1S/C31H36N6O3S/c1-3-26(38)37-16-15-36(18-23(37)11-13-32)29-25-10-12-31(17-21-7-4-5-8-22(21)20-41-31)28(39)27(25)33-30(34-29)40-19-24-9-6-14-35(24)2/h3-5,7-8,23-24H,1,6,9-12,14-20H2,2H3/t23?,24?,31-/m0/s1. The first-order valence-corrected chi connectivity index (χ1v) is 15.5. The number of likely N-dealkylation sites (N-methyl/N-ethyl adjacent to an activating group) is 1. The van der Waals surface area contributed by atoms with Gasteiger partial charge in [-0.1, -0.05) is 30.8 Å². The molecule has 1 aromatic heterocycles. The number of ether oxygens (including phenoxy) is 1. The van der Waals surface area contributed by atoms with Gasteiger partial charge in [-0.3, -0.25) is 9.59 Å². The first-order chi connectivity index (χ1) is 19.9. The van der Waals surface area contributed by atoms with Crippen molar-refractivity contribution in [3.63, 3.8) is 0 Å². The van der Waals surface area contributed by atoms with Crippen LogP contribution in [0, 0.1) is 11.3 Å². The van der Waals surface area contributed by atoms with Gasteiger partial charge in [0.15, 0.2) is 5.78 Å². The maximum atomic E-state index is 14.3. The molecule has 0 N–H and O–H groups in total. The lowest BCUT2D eigenvalue weighted by Crippen LogP contribution is -2.55. The van der Waals surface area contributed by atoms with Gasteiger partial charge in [-0.25, -0.2) is 0 Å². The van der Waals surface area contributed by atoms with E-state index in [9.17, 15) is 14.9 Å². The molecular weight excluding hydrogens is 536 g/mol. The van der Waals surface area contributed by atoms with E-state index in [2.05, 4.69) is 47.7 Å². The van der Waals surface area contributed by atoms with Crippen LogP contribution in [0.5, 0.6) is 6.01 Å². The summed E-state index contributed by atoms with van der Waals surface area (Å²) in [4.78, 5) is 42.6. The van der Waals surface area contributed by atoms with Crippen LogP contribution >= 0.6 is 11.8 Å². The number of fused-ring (bicyclic) bond motifs is 2. The minimum Gasteiger partial charge on any atom is -0.462 e. The molecule has 9 nitrogen and oxygen atoms in total. The maximum absolute atomic E-state index is 14.3. The molecule has 2 saturated heterocycles. The van der Waals surface area contributed by atoms with Crippen LogP contribution in [0.2, 0.25) is 0 Å². The lowest BCUT2D eigenvalue weighted by Gasteiger charge is -2.43. The van der Waals surface area contributed by atoms with Gasteiger partial charge in [0.1, 0.15) is 18.1 Å². The number of rotatable bonds is 6. The number of nitriles is 1. The van der Waals surface area contributed by atoms with Gasteiger partial charge in [0, 0.05) is 37.0 Å². The Morgan fingerprint density at radius 1 is 1.24 bits per heavy atom. The average molecular weight is 573 g/mol. The van der Waals surface area contributed by atoms with Gasteiger partial charge in [0.25, 0.3) is 0 Å². The highest BCUT2D eigenvalue weighted by Crippen LogP contribution is 2.48. The Bertz CT molecular complexity index is 1410. The number of benzene rings is 1. The van der Waals surface area contributed by atoms with Crippen molar-refractivity contribution >= 4 is 29.3 Å². The van der Waals surface area contributed by atoms with Crippen molar-refractivity contribution in [1.29, 1.82) is 5.26 Å². The van der Waals surface area contributed by atoms with Gasteiger partial charge in [-0.15, -0.1) is 11.8 Å². The summed E-state index contributed by atoms with van der Waals surface area (Å²) in [6.45, 7) is 6.57. The number of thioether (sulfide) groups is 1. The number of carbonyl (C=O) groups is 2. The molecule has 1 aliphatic carbocycles. The van der Waals surface area contributed by atoms with Crippen molar-refractivity contribution in [2.45, 2.75) is 61.1 Å². The zero-order chi connectivity index (χ0) is 28.6. The second-order valence-corrected chi connectivity index (χ2v) is 12.9.